The average Bonchev–Trinajstić information content (AvgIpc) is 2.71. The number of aliphatic imine (C=N–C) groups is 1. The quantitative estimate of drug-likeness (QED) is 0.592. The summed E-state index contributed by atoms with van der Waals surface area (Å²) in [5.41, 5.74) is 5.58. The van der Waals surface area contributed by atoms with Gasteiger partial charge in [-0.25, -0.2) is 0 Å². The Bertz CT molecular complexity index is 316. The van der Waals surface area contributed by atoms with E-state index in [9.17, 15) is 0 Å². The Balaban J connectivity index is 1.90. The molecule has 1 heterocycles. The van der Waals surface area contributed by atoms with Gasteiger partial charge in [0.15, 0.2) is 0 Å². The second-order valence-corrected chi connectivity index (χ2v) is 4.22. The largest absolute Gasteiger partial charge is 0.388 e. The molecule has 1 aliphatic rings. The van der Waals surface area contributed by atoms with Crippen LogP contribution in [0.5, 0.6) is 0 Å². The highest BCUT2D eigenvalue weighted by Crippen LogP contribution is 2.29. The molecule has 0 aromatic carbocycles. The van der Waals surface area contributed by atoms with Crippen molar-refractivity contribution in [3.63, 3.8) is 0 Å². The molecule has 0 bridgehead atoms. The lowest BCUT2D eigenvalue weighted by Gasteiger charge is -2.26. The molecule has 2 rings (SSSR count). The summed E-state index contributed by atoms with van der Waals surface area (Å²) in [6.07, 6.45) is 8.45. The maximum Gasteiger partial charge on any atom is 0.0909 e. The molecule has 82 valence electrons. The Kier molecular flexibility index (Phi) is 3.04. The zero-order valence-corrected chi connectivity index (χ0v) is 9.13. The van der Waals surface area contributed by atoms with E-state index in [2.05, 4.69) is 14.8 Å². The molecule has 0 aliphatic heterocycles. The van der Waals surface area contributed by atoms with Gasteiger partial charge >= 0.3 is 0 Å². The van der Waals surface area contributed by atoms with Crippen molar-refractivity contribution in [1.82, 2.24) is 9.78 Å². The lowest BCUT2D eigenvalue weighted by atomic mass is 9.91. The van der Waals surface area contributed by atoms with Crippen LogP contribution >= 0.6 is 0 Å². The highest BCUT2D eigenvalue weighted by molar-refractivity contribution is 5.77. The zero-order valence-electron chi connectivity index (χ0n) is 9.13. The molecular formula is C11H18N4. The zero-order chi connectivity index (χ0) is 10.7. The lowest BCUT2D eigenvalue weighted by Crippen LogP contribution is -2.22. The maximum absolute atomic E-state index is 5.58. The molecule has 1 aromatic rings. The number of amidine groups is 1. The van der Waals surface area contributed by atoms with Crippen LogP contribution in [0.3, 0.4) is 0 Å². The summed E-state index contributed by atoms with van der Waals surface area (Å²) in [6, 6.07) is 2.97. The second-order valence-electron chi connectivity index (χ2n) is 4.22. The normalized spacial score (nSPS) is 27.9. The Morgan fingerprint density at radius 2 is 2.13 bits per heavy atom. The van der Waals surface area contributed by atoms with E-state index in [1.807, 2.05) is 25.4 Å². The minimum atomic E-state index is 0.432. The summed E-state index contributed by atoms with van der Waals surface area (Å²) in [6.45, 7) is 1.86. The smallest absolute Gasteiger partial charge is 0.0909 e. The average molecular weight is 206 g/mol. The standard InChI is InChI=1S/C11H18N4/c1-9(12)14-10-3-5-11(6-4-10)15-8-2-7-13-15/h2,7-8,10-11H,3-6H2,1H3,(H2,12,14). The molecule has 2 N–H and O–H groups in total. The van der Waals surface area contributed by atoms with Crippen LogP contribution in [0.4, 0.5) is 0 Å². The van der Waals surface area contributed by atoms with Crippen molar-refractivity contribution < 1.29 is 0 Å². The Labute approximate surface area is 90.2 Å². The van der Waals surface area contributed by atoms with Gasteiger partial charge in [0, 0.05) is 12.4 Å². The van der Waals surface area contributed by atoms with Crippen LogP contribution in [-0.2, 0) is 0 Å². The summed E-state index contributed by atoms with van der Waals surface area (Å²) in [4.78, 5) is 4.42. The molecule has 4 nitrogen and oxygen atoms in total. The van der Waals surface area contributed by atoms with Gasteiger partial charge in [-0.1, -0.05) is 0 Å². The van der Waals surface area contributed by atoms with E-state index in [1.165, 1.54) is 0 Å². The Morgan fingerprint density at radius 1 is 1.40 bits per heavy atom. The number of nitrogens with zero attached hydrogens (tertiary/aromatic N) is 3. The summed E-state index contributed by atoms with van der Waals surface area (Å²) < 4.78 is 2.06. The lowest BCUT2D eigenvalue weighted by molar-refractivity contribution is 0.305. The second kappa shape index (κ2) is 4.47. The van der Waals surface area contributed by atoms with Crippen LogP contribution in [0.1, 0.15) is 38.6 Å². The van der Waals surface area contributed by atoms with Crippen LogP contribution < -0.4 is 5.73 Å². The molecule has 0 atom stereocenters. The van der Waals surface area contributed by atoms with Gasteiger partial charge in [0.25, 0.3) is 0 Å². The molecule has 1 saturated carbocycles. The van der Waals surface area contributed by atoms with Gasteiger partial charge in [-0.05, 0) is 38.7 Å². The SMILES string of the molecule is CC(N)=NC1CCC(n2cccn2)CC1. The highest BCUT2D eigenvalue weighted by atomic mass is 15.3. The summed E-state index contributed by atoms with van der Waals surface area (Å²) in [5.74, 6) is 0.706. The molecule has 1 fully saturated rings. The van der Waals surface area contributed by atoms with Crippen LogP contribution in [0, 0.1) is 0 Å². The molecule has 0 spiro atoms. The molecule has 0 saturated heterocycles. The molecule has 0 radical (unpaired) electrons. The number of aromatic nitrogens is 2. The number of hydrogen-bond acceptors (Lipinski definition) is 2. The third-order valence-electron chi connectivity index (χ3n) is 2.95. The van der Waals surface area contributed by atoms with Crippen molar-refractivity contribution in [1.29, 1.82) is 0 Å². The minimum absolute atomic E-state index is 0.432. The van der Waals surface area contributed by atoms with E-state index in [0.717, 1.165) is 25.7 Å². The number of nitrogens with two attached hydrogens (primary N) is 1. The van der Waals surface area contributed by atoms with E-state index in [4.69, 9.17) is 5.73 Å². The van der Waals surface area contributed by atoms with Crippen molar-refractivity contribution in [2.75, 3.05) is 0 Å². The van der Waals surface area contributed by atoms with Gasteiger partial charge in [-0.2, -0.15) is 5.10 Å². The molecule has 15 heavy (non-hydrogen) atoms. The summed E-state index contributed by atoms with van der Waals surface area (Å²) in [5, 5.41) is 4.28. The van der Waals surface area contributed by atoms with Crippen LogP contribution in [-0.4, -0.2) is 21.7 Å². The van der Waals surface area contributed by atoms with Gasteiger partial charge in [-0.3, -0.25) is 9.67 Å². The van der Waals surface area contributed by atoms with E-state index in [0.29, 0.717) is 17.9 Å². The predicted molar refractivity (Wildman–Crippen MR) is 60.8 cm³/mol. The first-order valence-corrected chi connectivity index (χ1v) is 5.54. The Hall–Kier alpha value is -1.32. The van der Waals surface area contributed by atoms with Gasteiger partial charge in [0.05, 0.1) is 17.9 Å². The molecule has 4 heteroatoms. The fourth-order valence-corrected chi connectivity index (χ4v) is 2.24. The number of hydrogen-bond donors (Lipinski definition) is 1. The van der Waals surface area contributed by atoms with E-state index >= 15 is 0 Å². The molecular weight excluding hydrogens is 188 g/mol. The van der Waals surface area contributed by atoms with Gasteiger partial charge < -0.3 is 5.73 Å². The fourth-order valence-electron chi connectivity index (χ4n) is 2.24. The minimum Gasteiger partial charge on any atom is -0.388 e. The topological polar surface area (TPSA) is 56.2 Å². The molecule has 0 unspecified atom stereocenters. The van der Waals surface area contributed by atoms with Crippen LogP contribution in [0.15, 0.2) is 23.5 Å². The van der Waals surface area contributed by atoms with Crippen molar-refractivity contribution in [3.05, 3.63) is 18.5 Å². The van der Waals surface area contributed by atoms with E-state index in [1.54, 1.807) is 0 Å². The molecule has 1 aromatic heterocycles. The van der Waals surface area contributed by atoms with Gasteiger partial charge in [-0.15, -0.1) is 0 Å². The van der Waals surface area contributed by atoms with Crippen molar-refractivity contribution in [2.45, 2.75) is 44.7 Å². The first-order valence-electron chi connectivity index (χ1n) is 5.54. The highest BCUT2D eigenvalue weighted by Gasteiger charge is 2.21. The monoisotopic (exact) mass is 206 g/mol. The Morgan fingerprint density at radius 3 is 2.67 bits per heavy atom. The molecule has 0 amide bonds. The van der Waals surface area contributed by atoms with Gasteiger partial charge in [0.1, 0.15) is 0 Å². The number of rotatable bonds is 2. The van der Waals surface area contributed by atoms with Crippen LogP contribution in [0.2, 0.25) is 0 Å². The first-order chi connectivity index (χ1) is 7.25. The first kappa shape index (κ1) is 10.2. The predicted octanol–water partition coefficient (Wildman–Crippen LogP) is 1.74. The van der Waals surface area contributed by atoms with Crippen molar-refractivity contribution in [2.24, 2.45) is 10.7 Å². The summed E-state index contributed by atoms with van der Waals surface area (Å²) in [7, 11) is 0. The fraction of sp³-hybridized carbons (Fsp3) is 0.636. The van der Waals surface area contributed by atoms with E-state index < -0.39 is 0 Å². The maximum atomic E-state index is 5.58. The van der Waals surface area contributed by atoms with E-state index in [-0.39, 0.29) is 0 Å². The van der Waals surface area contributed by atoms with Crippen molar-refractivity contribution >= 4 is 5.84 Å². The third-order valence-corrected chi connectivity index (χ3v) is 2.95. The molecule has 1 aliphatic carbocycles. The van der Waals surface area contributed by atoms with Gasteiger partial charge in [0.2, 0.25) is 0 Å². The van der Waals surface area contributed by atoms with Crippen LogP contribution in [0.25, 0.3) is 0 Å². The summed E-state index contributed by atoms with van der Waals surface area (Å²) >= 11 is 0. The third kappa shape index (κ3) is 2.58. The van der Waals surface area contributed by atoms with Crippen molar-refractivity contribution in [3.8, 4) is 0 Å².